The molecule has 1 aromatic heterocycles. The summed E-state index contributed by atoms with van der Waals surface area (Å²) in [6.07, 6.45) is 3.81. The van der Waals surface area contributed by atoms with Crippen LogP contribution in [0.4, 0.5) is 17.2 Å². The first-order chi connectivity index (χ1) is 13.2. The van der Waals surface area contributed by atoms with Crippen LogP contribution in [-0.2, 0) is 0 Å². The highest BCUT2D eigenvalue weighted by Gasteiger charge is 2.17. The second-order valence-corrected chi connectivity index (χ2v) is 7.25. The summed E-state index contributed by atoms with van der Waals surface area (Å²) in [7, 11) is 2.15. The molecule has 1 N–H and O–H groups in total. The van der Waals surface area contributed by atoms with Crippen LogP contribution in [0.1, 0.15) is 23.3 Å². The van der Waals surface area contributed by atoms with Gasteiger partial charge in [-0.2, -0.15) is 0 Å². The second-order valence-electron chi connectivity index (χ2n) is 7.25. The van der Waals surface area contributed by atoms with Crippen LogP contribution >= 0.6 is 0 Å². The lowest BCUT2D eigenvalue weighted by Gasteiger charge is -2.34. The summed E-state index contributed by atoms with van der Waals surface area (Å²) in [5, 5.41) is 2.94. The fraction of sp³-hybridized carbons (Fsp3) is 0.450. The Kier molecular flexibility index (Phi) is 5.20. The summed E-state index contributed by atoms with van der Waals surface area (Å²) >= 11 is 0. The molecular weight excluding hydrogens is 340 g/mol. The zero-order valence-electron chi connectivity index (χ0n) is 15.8. The molecule has 4 rings (SSSR count). The van der Waals surface area contributed by atoms with Gasteiger partial charge in [0.15, 0.2) is 0 Å². The van der Waals surface area contributed by atoms with Crippen molar-refractivity contribution >= 4 is 23.1 Å². The Labute approximate surface area is 160 Å². The number of aromatic nitrogens is 2. The highest BCUT2D eigenvalue weighted by Crippen LogP contribution is 2.21. The highest BCUT2D eigenvalue weighted by atomic mass is 16.1. The minimum absolute atomic E-state index is 0.204. The average Bonchev–Trinajstić information content (AvgIpc) is 3.24. The lowest BCUT2D eigenvalue weighted by Crippen LogP contribution is -2.44. The number of anilines is 3. The van der Waals surface area contributed by atoms with Crippen LogP contribution in [0.25, 0.3) is 0 Å². The number of carbonyl (C=O) groups excluding carboxylic acids is 1. The molecule has 2 aliphatic heterocycles. The number of benzene rings is 1. The van der Waals surface area contributed by atoms with Crippen LogP contribution in [0.2, 0.25) is 0 Å². The summed E-state index contributed by atoms with van der Waals surface area (Å²) < 4.78 is 0. The van der Waals surface area contributed by atoms with E-state index in [1.165, 1.54) is 24.9 Å². The molecule has 142 valence electrons. The predicted molar refractivity (Wildman–Crippen MR) is 108 cm³/mol. The van der Waals surface area contributed by atoms with Gasteiger partial charge in [0, 0.05) is 56.7 Å². The molecule has 0 aliphatic carbocycles. The normalized spacial score (nSPS) is 18.0. The number of nitrogens with zero attached hydrogens (tertiary/aromatic N) is 5. The Balaban J connectivity index is 1.40. The zero-order chi connectivity index (χ0) is 18.6. The van der Waals surface area contributed by atoms with Crippen LogP contribution in [-0.4, -0.2) is 67.1 Å². The Bertz CT molecular complexity index is 779. The largest absolute Gasteiger partial charge is 0.369 e. The number of amides is 1. The van der Waals surface area contributed by atoms with Gasteiger partial charge >= 0.3 is 0 Å². The fourth-order valence-corrected chi connectivity index (χ4v) is 3.61. The molecule has 1 aromatic carbocycles. The molecule has 0 unspecified atom stereocenters. The molecule has 2 saturated heterocycles. The van der Waals surface area contributed by atoms with Crippen molar-refractivity contribution in [3.63, 3.8) is 0 Å². The maximum Gasteiger partial charge on any atom is 0.274 e. The molecule has 7 heteroatoms. The van der Waals surface area contributed by atoms with Gasteiger partial charge in [0.05, 0.1) is 0 Å². The molecular formula is C20H26N6O. The van der Waals surface area contributed by atoms with E-state index in [1.807, 2.05) is 12.1 Å². The Morgan fingerprint density at radius 3 is 2.33 bits per heavy atom. The minimum Gasteiger partial charge on any atom is -0.369 e. The number of likely N-dealkylation sites (N-methyl/N-ethyl adjacent to an activating group) is 1. The molecule has 3 heterocycles. The first kappa shape index (κ1) is 17.7. The molecule has 7 nitrogen and oxygen atoms in total. The molecule has 0 radical (unpaired) electrons. The number of hydrogen-bond donors (Lipinski definition) is 1. The number of nitrogens with one attached hydrogen (secondary N) is 1. The summed E-state index contributed by atoms with van der Waals surface area (Å²) in [6, 6.07) is 9.81. The molecule has 2 aromatic rings. The second kappa shape index (κ2) is 7.92. The van der Waals surface area contributed by atoms with Crippen LogP contribution in [0.3, 0.4) is 0 Å². The lowest BCUT2D eigenvalue weighted by molar-refractivity contribution is 0.102. The van der Waals surface area contributed by atoms with Gasteiger partial charge in [0.2, 0.25) is 0 Å². The quantitative estimate of drug-likeness (QED) is 0.894. The fourth-order valence-electron chi connectivity index (χ4n) is 3.61. The summed E-state index contributed by atoms with van der Waals surface area (Å²) in [5.41, 5.74) is 2.37. The molecule has 0 saturated carbocycles. The van der Waals surface area contributed by atoms with Gasteiger partial charge in [0.1, 0.15) is 17.8 Å². The van der Waals surface area contributed by atoms with Gasteiger partial charge in [-0.15, -0.1) is 0 Å². The average molecular weight is 366 g/mol. The Morgan fingerprint density at radius 1 is 0.926 bits per heavy atom. The first-order valence-corrected chi connectivity index (χ1v) is 9.61. The van der Waals surface area contributed by atoms with Crippen molar-refractivity contribution in [2.75, 3.05) is 61.4 Å². The molecule has 2 aliphatic rings. The van der Waals surface area contributed by atoms with E-state index in [1.54, 1.807) is 6.07 Å². The van der Waals surface area contributed by atoms with Crippen LogP contribution < -0.4 is 15.1 Å². The van der Waals surface area contributed by atoms with E-state index in [0.717, 1.165) is 50.8 Å². The molecule has 27 heavy (non-hydrogen) atoms. The number of carbonyl (C=O) groups is 1. The number of piperazine rings is 1. The summed E-state index contributed by atoms with van der Waals surface area (Å²) in [4.78, 5) is 27.9. The van der Waals surface area contributed by atoms with Crippen molar-refractivity contribution < 1.29 is 4.79 Å². The molecule has 0 spiro atoms. The number of hydrogen-bond acceptors (Lipinski definition) is 6. The maximum atomic E-state index is 12.6. The van der Waals surface area contributed by atoms with Crippen molar-refractivity contribution in [1.82, 2.24) is 14.9 Å². The van der Waals surface area contributed by atoms with Crippen LogP contribution in [0, 0.1) is 0 Å². The number of rotatable bonds is 4. The van der Waals surface area contributed by atoms with Gasteiger partial charge < -0.3 is 20.0 Å². The smallest absolute Gasteiger partial charge is 0.274 e. The van der Waals surface area contributed by atoms with E-state index in [0.29, 0.717) is 5.69 Å². The Hall–Kier alpha value is -2.67. The standard InChI is InChI=1S/C20H26N6O/c1-24-10-12-25(13-11-24)17-6-4-16(5-7-17)23-20(27)18-14-19(22-15-21-18)26-8-2-3-9-26/h4-7,14-15H,2-3,8-13H2,1H3,(H,23,27). The van der Waals surface area contributed by atoms with E-state index in [9.17, 15) is 4.79 Å². The zero-order valence-corrected chi connectivity index (χ0v) is 15.8. The van der Waals surface area contributed by atoms with Crippen molar-refractivity contribution in [2.45, 2.75) is 12.8 Å². The SMILES string of the molecule is CN1CCN(c2ccc(NC(=O)c3cc(N4CCCC4)ncn3)cc2)CC1. The first-order valence-electron chi connectivity index (χ1n) is 9.61. The predicted octanol–water partition coefficient (Wildman–Crippen LogP) is 2.08. The van der Waals surface area contributed by atoms with Gasteiger partial charge in [0.25, 0.3) is 5.91 Å². The van der Waals surface area contributed by atoms with E-state index in [4.69, 9.17) is 0 Å². The third kappa shape index (κ3) is 4.19. The lowest BCUT2D eigenvalue weighted by atomic mass is 10.2. The third-order valence-electron chi connectivity index (χ3n) is 5.31. The van der Waals surface area contributed by atoms with E-state index in [2.05, 4.69) is 49.2 Å². The van der Waals surface area contributed by atoms with Gasteiger partial charge in [-0.25, -0.2) is 9.97 Å². The Morgan fingerprint density at radius 2 is 1.63 bits per heavy atom. The minimum atomic E-state index is -0.204. The monoisotopic (exact) mass is 366 g/mol. The van der Waals surface area contributed by atoms with Crippen LogP contribution in [0.15, 0.2) is 36.7 Å². The maximum absolute atomic E-state index is 12.6. The topological polar surface area (TPSA) is 64.6 Å². The van der Waals surface area contributed by atoms with E-state index < -0.39 is 0 Å². The highest BCUT2D eigenvalue weighted by molar-refractivity contribution is 6.03. The van der Waals surface area contributed by atoms with Crippen molar-refractivity contribution in [1.29, 1.82) is 0 Å². The molecule has 0 atom stereocenters. The summed E-state index contributed by atoms with van der Waals surface area (Å²) in [5.74, 6) is 0.628. The van der Waals surface area contributed by atoms with Gasteiger partial charge in [-0.3, -0.25) is 4.79 Å². The van der Waals surface area contributed by atoms with E-state index in [-0.39, 0.29) is 5.91 Å². The van der Waals surface area contributed by atoms with Gasteiger partial charge in [-0.05, 0) is 44.2 Å². The molecule has 1 amide bonds. The summed E-state index contributed by atoms with van der Waals surface area (Å²) in [6.45, 7) is 6.19. The van der Waals surface area contributed by atoms with E-state index >= 15 is 0 Å². The van der Waals surface area contributed by atoms with Crippen molar-refractivity contribution in [3.8, 4) is 0 Å². The van der Waals surface area contributed by atoms with Gasteiger partial charge in [-0.1, -0.05) is 0 Å². The van der Waals surface area contributed by atoms with Crippen LogP contribution in [0.5, 0.6) is 0 Å². The van der Waals surface area contributed by atoms with Crippen molar-refractivity contribution in [3.05, 3.63) is 42.4 Å². The third-order valence-corrected chi connectivity index (χ3v) is 5.31. The molecule has 2 fully saturated rings. The molecule has 0 bridgehead atoms. The van der Waals surface area contributed by atoms with Crippen molar-refractivity contribution in [2.24, 2.45) is 0 Å².